The van der Waals surface area contributed by atoms with Crippen molar-refractivity contribution in [2.24, 2.45) is 0 Å². The van der Waals surface area contributed by atoms with Crippen LogP contribution < -0.4 is 10.1 Å². The first-order chi connectivity index (χ1) is 7.79. The largest absolute Gasteiger partial charge is 0.488 e. The average Bonchev–Trinajstić information content (AvgIpc) is 2.33. The zero-order valence-electron chi connectivity index (χ0n) is 8.87. The topological polar surface area (TPSA) is 45.0 Å². The summed E-state index contributed by atoms with van der Waals surface area (Å²) >= 11 is 3.34. The van der Waals surface area contributed by atoms with E-state index in [0.717, 1.165) is 30.4 Å². The standard InChI is InChI=1S/C12H13BrN2O/c13-10-3-4-12(9(6-10)7-14)16-11-2-1-5-15-8-11/h3-4,6,11,15H,1-2,5,8H2/t11-/m0/s1. The second kappa shape index (κ2) is 5.33. The number of rotatable bonds is 2. The molecular formula is C12H13BrN2O. The molecule has 1 aliphatic heterocycles. The summed E-state index contributed by atoms with van der Waals surface area (Å²) < 4.78 is 6.73. The highest BCUT2D eigenvalue weighted by molar-refractivity contribution is 9.10. The van der Waals surface area contributed by atoms with Gasteiger partial charge in [-0.2, -0.15) is 5.26 Å². The lowest BCUT2D eigenvalue weighted by Gasteiger charge is -2.24. The predicted octanol–water partition coefficient (Wildman–Crippen LogP) is 2.45. The minimum atomic E-state index is 0.182. The van der Waals surface area contributed by atoms with Crippen molar-refractivity contribution in [3.05, 3.63) is 28.2 Å². The molecule has 84 valence electrons. The van der Waals surface area contributed by atoms with E-state index in [1.165, 1.54) is 0 Å². The summed E-state index contributed by atoms with van der Waals surface area (Å²) in [7, 11) is 0. The van der Waals surface area contributed by atoms with Gasteiger partial charge in [-0.05, 0) is 37.6 Å². The number of ether oxygens (including phenoxy) is 1. The van der Waals surface area contributed by atoms with Crippen LogP contribution in [0.5, 0.6) is 5.75 Å². The lowest BCUT2D eigenvalue weighted by Crippen LogP contribution is -2.37. The molecule has 1 atom stereocenters. The van der Waals surface area contributed by atoms with Gasteiger partial charge < -0.3 is 10.1 Å². The fourth-order valence-corrected chi connectivity index (χ4v) is 2.15. The molecule has 1 aromatic rings. The van der Waals surface area contributed by atoms with Crippen molar-refractivity contribution in [1.29, 1.82) is 5.26 Å². The molecule has 0 radical (unpaired) electrons. The van der Waals surface area contributed by atoms with E-state index in [1.54, 1.807) is 6.07 Å². The molecule has 1 heterocycles. The molecule has 0 amide bonds. The molecule has 0 aliphatic carbocycles. The van der Waals surface area contributed by atoms with Crippen LogP contribution in [-0.4, -0.2) is 19.2 Å². The Labute approximate surface area is 104 Å². The minimum Gasteiger partial charge on any atom is -0.488 e. The number of nitrogens with zero attached hydrogens (tertiary/aromatic N) is 1. The summed E-state index contributed by atoms with van der Waals surface area (Å²) in [6, 6.07) is 7.67. The molecule has 0 bridgehead atoms. The quantitative estimate of drug-likeness (QED) is 0.905. The first-order valence-electron chi connectivity index (χ1n) is 5.36. The van der Waals surface area contributed by atoms with Crippen LogP contribution >= 0.6 is 15.9 Å². The third kappa shape index (κ3) is 2.75. The summed E-state index contributed by atoms with van der Waals surface area (Å²) in [5.74, 6) is 0.680. The Hall–Kier alpha value is -1.05. The van der Waals surface area contributed by atoms with Crippen LogP contribution in [-0.2, 0) is 0 Å². The smallest absolute Gasteiger partial charge is 0.137 e. The highest BCUT2D eigenvalue weighted by Crippen LogP contribution is 2.24. The van der Waals surface area contributed by atoms with Crippen molar-refractivity contribution in [1.82, 2.24) is 5.32 Å². The first-order valence-corrected chi connectivity index (χ1v) is 6.16. The fraction of sp³-hybridized carbons (Fsp3) is 0.417. The number of hydrogen-bond donors (Lipinski definition) is 1. The van der Waals surface area contributed by atoms with E-state index >= 15 is 0 Å². The van der Waals surface area contributed by atoms with Crippen molar-refractivity contribution in [3.8, 4) is 11.8 Å². The summed E-state index contributed by atoms with van der Waals surface area (Å²) in [6.45, 7) is 1.92. The predicted molar refractivity (Wildman–Crippen MR) is 65.4 cm³/mol. The molecule has 4 heteroatoms. The van der Waals surface area contributed by atoms with Crippen LogP contribution in [0.15, 0.2) is 22.7 Å². The Bertz CT molecular complexity index is 408. The normalized spacial score (nSPS) is 20.1. The maximum absolute atomic E-state index is 9.01. The van der Waals surface area contributed by atoms with Crippen LogP contribution in [0.25, 0.3) is 0 Å². The maximum atomic E-state index is 9.01. The van der Waals surface area contributed by atoms with Gasteiger partial charge in [-0.15, -0.1) is 0 Å². The monoisotopic (exact) mass is 280 g/mol. The fourth-order valence-electron chi connectivity index (χ4n) is 1.79. The summed E-state index contributed by atoms with van der Waals surface area (Å²) in [6.07, 6.45) is 2.36. The van der Waals surface area contributed by atoms with Crippen LogP contribution in [0.4, 0.5) is 0 Å². The third-order valence-electron chi connectivity index (χ3n) is 2.61. The molecule has 16 heavy (non-hydrogen) atoms. The Morgan fingerprint density at radius 1 is 1.50 bits per heavy atom. The van der Waals surface area contributed by atoms with Gasteiger partial charge in [0.05, 0.1) is 5.56 Å². The number of piperidine rings is 1. The molecular weight excluding hydrogens is 268 g/mol. The van der Waals surface area contributed by atoms with E-state index in [1.807, 2.05) is 12.1 Å². The molecule has 0 unspecified atom stereocenters. The van der Waals surface area contributed by atoms with Crippen molar-refractivity contribution in [3.63, 3.8) is 0 Å². The van der Waals surface area contributed by atoms with Crippen molar-refractivity contribution in [2.75, 3.05) is 13.1 Å². The Morgan fingerprint density at radius 3 is 3.06 bits per heavy atom. The van der Waals surface area contributed by atoms with E-state index < -0.39 is 0 Å². The number of nitrogens with one attached hydrogen (secondary N) is 1. The minimum absolute atomic E-state index is 0.182. The van der Waals surface area contributed by atoms with Crippen molar-refractivity contribution in [2.45, 2.75) is 18.9 Å². The second-order valence-electron chi connectivity index (χ2n) is 3.84. The SMILES string of the molecule is N#Cc1cc(Br)ccc1O[C@H]1CCCNC1. The van der Waals surface area contributed by atoms with Crippen LogP contribution in [0.1, 0.15) is 18.4 Å². The molecule has 1 aromatic carbocycles. The summed E-state index contributed by atoms with van der Waals surface area (Å²) in [5.41, 5.74) is 0.583. The van der Waals surface area contributed by atoms with Gasteiger partial charge in [0.1, 0.15) is 17.9 Å². The van der Waals surface area contributed by atoms with Gasteiger partial charge in [0, 0.05) is 11.0 Å². The number of halogens is 1. The Morgan fingerprint density at radius 2 is 2.38 bits per heavy atom. The zero-order valence-corrected chi connectivity index (χ0v) is 10.5. The van der Waals surface area contributed by atoms with Gasteiger partial charge >= 0.3 is 0 Å². The van der Waals surface area contributed by atoms with Gasteiger partial charge in [-0.25, -0.2) is 0 Å². The molecule has 1 aliphatic rings. The van der Waals surface area contributed by atoms with Crippen LogP contribution in [0, 0.1) is 11.3 Å². The summed E-state index contributed by atoms with van der Waals surface area (Å²) in [4.78, 5) is 0. The first kappa shape index (κ1) is 11.4. The van der Waals surface area contributed by atoms with Gasteiger partial charge in [0.15, 0.2) is 0 Å². The molecule has 0 aromatic heterocycles. The zero-order chi connectivity index (χ0) is 11.4. The Balaban J connectivity index is 2.11. The van der Waals surface area contributed by atoms with Gasteiger partial charge in [0.25, 0.3) is 0 Å². The number of benzene rings is 1. The van der Waals surface area contributed by atoms with Crippen LogP contribution in [0.2, 0.25) is 0 Å². The van der Waals surface area contributed by atoms with Crippen molar-refractivity contribution < 1.29 is 4.74 Å². The van der Waals surface area contributed by atoms with Crippen molar-refractivity contribution >= 4 is 15.9 Å². The molecule has 1 saturated heterocycles. The van der Waals surface area contributed by atoms with E-state index in [4.69, 9.17) is 10.00 Å². The second-order valence-corrected chi connectivity index (χ2v) is 4.75. The highest BCUT2D eigenvalue weighted by atomic mass is 79.9. The van der Waals surface area contributed by atoms with E-state index in [0.29, 0.717) is 11.3 Å². The molecule has 0 spiro atoms. The number of hydrogen-bond acceptors (Lipinski definition) is 3. The molecule has 1 N–H and O–H groups in total. The lowest BCUT2D eigenvalue weighted by atomic mass is 10.1. The Kier molecular flexibility index (Phi) is 3.81. The molecule has 2 rings (SSSR count). The lowest BCUT2D eigenvalue weighted by molar-refractivity contribution is 0.166. The maximum Gasteiger partial charge on any atom is 0.137 e. The van der Waals surface area contributed by atoms with Crippen LogP contribution in [0.3, 0.4) is 0 Å². The molecule has 1 fully saturated rings. The van der Waals surface area contributed by atoms with E-state index in [9.17, 15) is 0 Å². The van der Waals surface area contributed by atoms with E-state index in [-0.39, 0.29) is 6.10 Å². The molecule has 3 nitrogen and oxygen atoms in total. The van der Waals surface area contributed by atoms with Gasteiger partial charge in [0.2, 0.25) is 0 Å². The summed E-state index contributed by atoms with van der Waals surface area (Å²) in [5, 5.41) is 12.3. The third-order valence-corrected chi connectivity index (χ3v) is 3.10. The average molecular weight is 281 g/mol. The molecule has 0 saturated carbocycles. The van der Waals surface area contributed by atoms with Gasteiger partial charge in [-0.3, -0.25) is 0 Å². The van der Waals surface area contributed by atoms with E-state index in [2.05, 4.69) is 27.3 Å². The number of nitriles is 1. The van der Waals surface area contributed by atoms with Gasteiger partial charge in [-0.1, -0.05) is 15.9 Å². The highest BCUT2D eigenvalue weighted by Gasteiger charge is 2.16.